The molecule has 44 heteroatoms. The molecule has 4 saturated carbocycles. The number of alkyl halides is 9. The number of halogens is 12. The molecule has 13 N–H and O–H groups in total. The number of aromatic nitrogens is 9. The molecule has 7 aromatic carbocycles. The highest BCUT2D eigenvalue weighted by Crippen LogP contribution is 2.51. The number of rotatable bonds is 40. The van der Waals surface area contributed by atoms with Crippen LogP contribution in [0.5, 0.6) is 23.8 Å². The van der Waals surface area contributed by atoms with Crippen molar-refractivity contribution in [1.82, 2.24) is 71.4 Å². The van der Waals surface area contributed by atoms with Gasteiger partial charge in [-0.2, -0.15) is 84.4 Å². The van der Waals surface area contributed by atoms with Crippen molar-refractivity contribution in [2.24, 2.45) is 27.9 Å². The van der Waals surface area contributed by atoms with Crippen molar-refractivity contribution in [3.8, 4) is 23.8 Å². The van der Waals surface area contributed by atoms with Gasteiger partial charge in [0.25, 0.3) is 23.6 Å². The Hall–Kier alpha value is -13.5. The van der Waals surface area contributed by atoms with Crippen molar-refractivity contribution in [2.45, 2.75) is 141 Å². The molecule has 3 heterocycles. The third-order valence-electron chi connectivity index (χ3n) is 21.7. The zero-order valence-corrected chi connectivity index (χ0v) is 77.2. The number of carbonyl (C=O) groups excluding carboxylic acids is 7. The smallest absolute Gasteiger partial charge is 0.422 e. The van der Waals surface area contributed by atoms with Crippen molar-refractivity contribution in [3.05, 3.63) is 224 Å². The van der Waals surface area contributed by atoms with E-state index >= 15 is 0 Å². The first-order valence-corrected chi connectivity index (χ1v) is 44.4. The number of amides is 5. The number of esters is 1. The van der Waals surface area contributed by atoms with E-state index < -0.39 is 113 Å². The zero-order valence-electron chi connectivity index (χ0n) is 74.9. The third kappa shape index (κ3) is 32.6. The SMILES string of the molecule is CC(C)(CN)CNC(=O)c1ccc(Nc2nc(NC3(c4ccc(Cl)cc4)CC3)nc(OCC(F)(F)F)n2)cc1.CC(C)(CNC(=O)C(=O)CCC1CC1)CNC(=O)c1ccc(Nc2nc(NC3(c4ccc(Cl)cc4)CC3)nc(OCC(F)(F)F)n2)cc1.CC(C)(CNC(=O)C(=O)Oc1ccccc1)CNC(=O)c1ccc(Nc2nc(NC3(c4ccc(Cl)cc4)CC3)nc(OCC(F)(F)F)n2)cc1. The fraction of sp³-hybridized carbons (Fsp3) is 0.376. The van der Waals surface area contributed by atoms with E-state index in [1.807, 2.05) is 64.1 Å². The molecule has 0 aliphatic heterocycles. The Morgan fingerprint density at radius 3 is 0.956 bits per heavy atom. The maximum atomic E-state index is 12.9. The van der Waals surface area contributed by atoms with Crippen LogP contribution < -0.4 is 83.2 Å². The second kappa shape index (κ2) is 44.1. The number of Topliss-reactive ketones (excluding diaryl/α,β-unsaturated/α-hetero) is 1. The van der Waals surface area contributed by atoms with Gasteiger partial charge in [-0.1, -0.05) is 144 Å². The molecule has 0 radical (unpaired) electrons. The van der Waals surface area contributed by atoms with Crippen LogP contribution in [0.3, 0.4) is 0 Å². The first-order chi connectivity index (χ1) is 64.7. The summed E-state index contributed by atoms with van der Waals surface area (Å²) in [6.45, 7) is 8.04. The molecule has 0 atom stereocenters. The van der Waals surface area contributed by atoms with Crippen LogP contribution in [0.25, 0.3) is 0 Å². The Kier molecular flexibility index (Phi) is 32.9. The number of carbonyl (C=O) groups is 7. The number of hydrogen-bond donors (Lipinski definition) is 12. The summed E-state index contributed by atoms with van der Waals surface area (Å²) < 4.78 is 135. The molecule has 0 spiro atoms. The van der Waals surface area contributed by atoms with E-state index in [-0.39, 0.29) is 91.3 Å². The van der Waals surface area contributed by atoms with E-state index in [2.05, 4.69) is 103 Å². The lowest BCUT2D eigenvalue weighted by molar-refractivity contribution is -0.155. The lowest BCUT2D eigenvalue weighted by Gasteiger charge is -2.25. The summed E-state index contributed by atoms with van der Waals surface area (Å²) in [6.07, 6.45) is -6.01. The van der Waals surface area contributed by atoms with Crippen molar-refractivity contribution < 1.29 is 92.0 Å². The van der Waals surface area contributed by atoms with Crippen LogP contribution in [0.15, 0.2) is 176 Å². The topological polar surface area (TPSA) is 431 Å². The van der Waals surface area contributed by atoms with Crippen molar-refractivity contribution in [2.75, 3.05) is 91.0 Å². The monoisotopic (exact) mass is 1960 g/mol. The van der Waals surface area contributed by atoms with E-state index in [0.29, 0.717) is 67.8 Å². The highest BCUT2D eigenvalue weighted by Gasteiger charge is 2.48. The van der Waals surface area contributed by atoms with Gasteiger partial charge in [0.05, 0.1) is 16.6 Å². The molecule has 14 rings (SSSR count). The van der Waals surface area contributed by atoms with Crippen LogP contribution in [0.2, 0.25) is 15.1 Å². The predicted octanol–water partition coefficient (Wildman–Crippen LogP) is 16.8. The predicted molar refractivity (Wildman–Crippen MR) is 494 cm³/mol. The standard InChI is InChI=1S/C34H33ClF3N7O5.C33H37ClF3N7O4.C26H29ClF3N7O2/c1-32(2,19-40-27(47)28(48)50-25-6-4-3-5-7-25)18-39-26(46)21-8-14-24(15-9-21)41-29-42-30(44-31(43-29)49-20-34(36,37)38)45-33(16-17-33)22-10-12-23(35)13-11-22;1-31(2,18-39-27(47)25(45)14-5-20-3-4-20)17-38-26(46)21-6-12-24(13-7-21)40-28-41-29(43-30(42-28)48-19-33(35,36)37)44-32(15-16-32)22-8-10-23(34)11-9-22;1-24(2,13-31)14-32-20(38)16-3-9-19(10-4-16)33-21-34-22(36-23(35-21)39-15-26(28,29)30)37-25(11-12-25)17-5-7-18(27)8-6-17/h3-15H,16-20H2,1-2H3,(H,39,46)(H,40,47)(H2,41,42,43,44,45);6-13,20H,3-5,14-19H2,1-2H3,(H,38,46)(H,39,47)(H2,40,41,42,43,44);3-10H,11-15,31H2,1-2H3,(H,32,38)(H2,33,34,35,36,37). The minimum Gasteiger partial charge on any atom is -0.454 e. The number of benzene rings is 7. The molecular formula is C93H99Cl3F9N21O11. The molecule has 4 aliphatic carbocycles. The van der Waals surface area contributed by atoms with Gasteiger partial charge in [0.2, 0.25) is 41.5 Å². The average Bonchev–Trinajstić information content (AvgIpc) is 1.62. The lowest BCUT2D eigenvalue weighted by Crippen LogP contribution is -2.44. The van der Waals surface area contributed by atoms with Gasteiger partial charge in [-0.3, -0.25) is 28.8 Å². The highest BCUT2D eigenvalue weighted by atomic mass is 35.5. The van der Waals surface area contributed by atoms with E-state index in [1.165, 1.54) is 12.1 Å². The largest absolute Gasteiger partial charge is 0.454 e. The Balaban J connectivity index is 0.000000186. The molecule has 0 bridgehead atoms. The van der Waals surface area contributed by atoms with Gasteiger partial charge < -0.3 is 83.2 Å². The molecule has 726 valence electrons. The molecule has 3 aromatic heterocycles. The van der Waals surface area contributed by atoms with E-state index in [0.717, 1.165) is 74.5 Å². The fourth-order valence-corrected chi connectivity index (χ4v) is 13.5. The van der Waals surface area contributed by atoms with Crippen LogP contribution in [0.4, 0.5) is 92.3 Å². The number of anilines is 9. The van der Waals surface area contributed by atoms with E-state index in [4.69, 9.17) is 59.5 Å². The molecule has 32 nitrogen and oxygen atoms in total. The zero-order chi connectivity index (χ0) is 98.7. The van der Waals surface area contributed by atoms with Gasteiger partial charge in [0, 0.05) is 88.0 Å². The second-order valence-electron chi connectivity index (χ2n) is 35.5. The maximum Gasteiger partial charge on any atom is 0.422 e. The van der Waals surface area contributed by atoms with Gasteiger partial charge in [-0.05, 0) is 212 Å². The number of ether oxygens (including phenoxy) is 4. The van der Waals surface area contributed by atoms with Gasteiger partial charge in [0.1, 0.15) is 5.75 Å². The summed E-state index contributed by atoms with van der Waals surface area (Å²) in [7, 11) is 0. The minimum atomic E-state index is -4.61. The molecule has 0 saturated heterocycles. The molecule has 5 amide bonds. The van der Waals surface area contributed by atoms with E-state index in [1.54, 1.807) is 141 Å². The fourth-order valence-electron chi connectivity index (χ4n) is 13.1. The molecule has 4 fully saturated rings. The quantitative estimate of drug-likeness (QED) is 0.00734. The van der Waals surface area contributed by atoms with Crippen LogP contribution in [-0.2, 0) is 35.8 Å². The molecule has 4 aliphatic rings. The number of nitrogens with two attached hydrogens (primary N) is 1. The Morgan fingerprint density at radius 1 is 0.372 bits per heavy atom. The van der Waals surface area contributed by atoms with Gasteiger partial charge >= 0.3 is 48.4 Å². The molecule has 10 aromatic rings. The summed E-state index contributed by atoms with van der Waals surface area (Å²) in [5, 5.41) is 33.8. The second-order valence-corrected chi connectivity index (χ2v) is 36.8. The highest BCUT2D eigenvalue weighted by molar-refractivity contribution is 6.36. The van der Waals surface area contributed by atoms with Crippen LogP contribution in [0, 0.1) is 22.2 Å². The Labute approximate surface area is 796 Å². The normalized spacial score (nSPS) is 14.4. The van der Waals surface area contributed by atoms with Gasteiger partial charge in [0.15, 0.2) is 19.8 Å². The number of para-hydroxylation sites is 1. The summed E-state index contributed by atoms with van der Waals surface area (Å²) in [5.41, 5.74) is 8.11. The average molecular weight is 1960 g/mol. The first kappa shape index (κ1) is 102. The van der Waals surface area contributed by atoms with Crippen molar-refractivity contribution in [3.63, 3.8) is 0 Å². The summed E-state index contributed by atoms with van der Waals surface area (Å²) in [4.78, 5) is 124. The Morgan fingerprint density at radius 2 is 0.664 bits per heavy atom. The minimum absolute atomic E-state index is 0.00927. The maximum absolute atomic E-state index is 12.9. The number of nitrogens with zero attached hydrogens (tertiary/aromatic N) is 9. The molecular weight excluding hydrogens is 1860 g/mol. The van der Waals surface area contributed by atoms with Crippen LogP contribution in [0.1, 0.15) is 154 Å². The van der Waals surface area contributed by atoms with Gasteiger partial charge in [-0.15, -0.1) is 0 Å². The van der Waals surface area contributed by atoms with Crippen molar-refractivity contribution in [1.29, 1.82) is 0 Å². The van der Waals surface area contributed by atoms with Gasteiger partial charge in [-0.25, -0.2) is 4.79 Å². The lowest BCUT2D eigenvalue weighted by atomic mass is 9.93. The summed E-state index contributed by atoms with van der Waals surface area (Å²) in [5.74, 6) is -3.28. The molecule has 137 heavy (non-hydrogen) atoms. The first-order valence-electron chi connectivity index (χ1n) is 43.3. The number of hydrogen-bond acceptors (Lipinski definition) is 27. The van der Waals surface area contributed by atoms with Crippen molar-refractivity contribution >= 4 is 129 Å². The van der Waals surface area contributed by atoms with Crippen LogP contribution in [-0.4, -0.2) is 164 Å². The van der Waals surface area contributed by atoms with E-state index in [9.17, 15) is 73.1 Å². The summed E-state index contributed by atoms with van der Waals surface area (Å²) >= 11 is 18.1. The number of ketones is 1. The molecule has 0 unspecified atom stereocenters. The Bertz CT molecular complexity index is 5870. The summed E-state index contributed by atoms with van der Waals surface area (Å²) in [6, 6.07) is 47.4. The van der Waals surface area contributed by atoms with Crippen LogP contribution >= 0.6 is 34.8 Å². The number of nitrogens with one attached hydrogen (secondary N) is 11. The third-order valence-corrected chi connectivity index (χ3v) is 22.5.